The van der Waals surface area contributed by atoms with Crippen molar-refractivity contribution in [2.75, 3.05) is 0 Å². The topological polar surface area (TPSA) is 17.1 Å². The SMILES string of the molecule is C/C=C1/[C@@H](C(C)C)[C@H]2CC(C)=C(C)C[C@@]1(C(C)(C)C)C2=O. The lowest BCUT2D eigenvalue weighted by molar-refractivity contribution is -0.132. The van der Waals surface area contributed by atoms with Gasteiger partial charge in [-0.1, -0.05) is 57.4 Å². The third-order valence-electron chi connectivity index (χ3n) is 6.14. The van der Waals surface area contributed by atoms with E-state index in [2.05, 4.69) is 61.5 Å². The summed E-state index contributed by atoms with van der Waals surface area (Å²) in [6.45, 7) is 17.9. The molecule has 1 nitrogen and oxygen atoms in total. The molecule has 0 aromatic carbocycles. The lowest BCUT2D eigenvalue weighted by Gasteiger charge is -2.43. The van der Waals surface area contributed by atoms with Crippen LogP contribution in [0.5, 0.6) is 0 Å². The molecule has 0 radical (unpaired) electrons. The van der Waals surface area contributed by atoms with Gasteiger partial charge in [-0.15, -0.1) is 0 Å². The van der Waals surface area contributed by atoms with Crippen LogP contribution >= 0.6 is 0 Å². The van der Waals surface area contributed by atoms with Crippen molar-refractivity contribution in [3.05, 3.63) is 22.8 Å². The van der Waals surface area contributed by atoms with E-state index in [4.69, 9.17) is 0 Å². The Morgan fingerprint density at radius 1 is 1.19 bits per heavy atom. The van der Waals surface area contributed by atoms with Crippen molar-refractivity contribution >= 4 is 5.78 Å². The molecule has 0 spiro atoms. The zero-order chi connectivity index (χ0) is 16.2. The first-order valence-electron chi connectivity index (χ1n) is 8.44. The third kappa shape index (κ3) is 2.15. The molecule has 1 saturated carbocycles. The number of carbonyl (C=O) groups is 1. The monoisotopic (exact) mass is 288 g/mol. The summed E-state index contributed by atoms with van der Waals surface area (Å²) in [6, 6.07) is 0. The van der Waals surface area contributed by atoms with Crippen molar-refractivity contribution in [1.82, 2.24) is 0 Å². The van der Waals surface area contributed by atoms with Crippen LogP contribution in [0, 0.1) is 28.6 Å². The molecule has 0 aliphatic heterocycles. The van der Waals surface area contributed by atoms with E-state index in [1.165, 1.54) is 16.7 Å². The number of ketones is 1. The Bertz CT molecular complexity index is 512. The molecule has 1 heteroatoms. The van der Waals surface area contributed by atoms with E-state index < -0.39 is 0 Å². The summed E-state index contributed by atoms with van der Waals surface area (Å²) in [6.07, 6.45) is 4.14. The predicted octanol–water partition coefficient (Wildman–Crippen LogP) is 5.57. The van der Waals surface area contributed by atoms with Crippen molar-refractivity contribution in [2.45, 2.75) is 68.2 Å². The second kappa shape index (κ2) is 5.11. The minimum absolute atomic E-state index is 0.0281. The zero-order valence-corrected chi connectivity index (χ0v) is 15.1. The summed E-state index contributed by atoms with van der Waals surface area (Å²) in [4.78, 5) is 13.5. The average Bonchev–Trinajstić information content (AvgIpc) is 2.53. The second-order valence-electron chi connectivity index (χ2n) is 8.58. The lowest BCUT2D eigenvalue weighted by Crippen LogP contribution is -2.42. The molecule has 0 aromatic heterocycles. The van der Waals surface area contributed by atoms with Gasteiger partial charge in [0.25, 0.3) is 0 Å². The second-order valence-corrected chi connectivity index (χ2v) is 8.58. The Morgan fingerprint density at radius 2 is 1.76 bits per heavy atom. The summed E-state index contributed by atoms with van der Waals surface area (Å²) in [7, 11) is 0. The van der Waals surface area contributed by atoms with E-state index in [-0.39, 0.29) is 16.7 Å². The average molecular weight is 288 g/mol. The fourth-order valence-electron chi connectivity index (χ4n) is 4.92. The lowest BCUT2D eigenvalue weighted by atomic mass is 9.59. The Labute approximate surface area is 130 Å². The molecule has 0 heterocycles. The Hall–Kier alpha value is -0.850. The van der Waals surface area contributed by atoms with Gasteiger partial charge in [-0.05, 0) is 50.9 Å². The van der Waals surface area contributed by atoms with Crippen LogP contribution in [0.15, 0.2) is 22.8 Å². The van der Waals surface area contributed by atoms with Gasteiger partial charge in [-0.25, -0.2) is 0 Å². The molecule has 1 fully saturated rings. The van der Waals surface area contributed by atoms with Crippen LogP contribution in [0.25, 0.3) is 0 Å². The number of rotatable bonds is 1. The van der Waals surface area contributed by atoms with Crippen molar-refractivity contribution in [3.63, 3.8) is 0 Å². The van der Waals surface area contributed by atoms with E-state index in [0.717, 1.165) is 12.8 Å². The molecule has 2 aliphatic carbocycles. The van der Waals surface area contributed by atoms with Crippen molar-refractivity contribution in [3.8, 4) is 0 Å². The first kappa shape index (κ1) is 16.5. The van der Waals surface area contributed by atoms with Crippen LogP contribution in [0.2, 0.25) is 0 Å². The summed E-state index contributed by atoms with van der Waals surface area (Å²) in [5, 5.41) is 0. The normalized spacial score (nSPS) is 35.9. The zero-order valence-electron chi connectivity index (χ0n) is 15.1. The maximum absolute atomic E-state index is 13.5. The van der Waals surface area contributed by atoms with Gasteiger partial charge in [0.1, 0.15) is 5.78 Å². The number of hydrogen-bond acceptors (Lipinski definition) is 1. The first-order valence-corrected chi connectivity index (χ1v) is 8.44. The number of hydrogen-bond donors (Lipinski definition) is 0. The number of allylic oxidation sites excluding steroid dienone is 4. The highest BCUT2D eigenvalue weighted by atomic mass is 16.1. The minimum atomic E-state index is -0.288. The van der Waals surface area contributed by atoms with Gasteiger partial charge in [-0.2, -0.15) is 0 Å². The highest BCUT2D eigenvalue weighted by molar-refractivity contribution is 5.96. The van der Waals surface area contributed by atoms with Crippen LogP contribution in [-0.4, -0.2) is 5.78 Å². The molecule has 0 amide bonds. The predicted molar refractivity (Wildman–Crippen MR) is 90.1 cm³/mol. The molecular weight excluding hydrogens is 256 g/mol. The van der Waals surface area contributed by atoms with Crippen LogP contribution in [0.3, 0.4) is 0 Å². The summed E-state index contributed by atoms with van der Waals surface area (Å²) in [5.41, 5.74) is 3.98. The van der Waals surface area contributed by atoms with Gasteiger partial charge in [0.2, 0.25) is 0 Å². The molecule has 0 saturated heterocycles. The largest absolute Gasteiger partial charge is 0.298 e. The van der Waals surface area contributed by atoms with Crippen LogP contribution in [-0.2, 0) is 4.79 Å². The molecule has 0 aromatic rings. The van der Waals surface area contributed by atoms with E-state index in [0.29, 0.717) is 17.6 Å². The number of carbonyl (C=O) groups excluding carboxylic acids is 1. The fraction of sp³-hybridized carbons (Fsp3) is 0.750. The molecule has 118 valence electrons. The summed E-state index contributed by atoms with van der Waals surface area (Å²) < 4.78 is 0. The molecule has 0 unspecified atom stereocenters. The van der Waals surface area contributed by atoms with E-state index in [9.17, 15) is 4.79 Å². The van der Waals surface area contributed by atoms with Crippen LogP contribution < -0.4 is 0 Å². The first-order chi connectivity index (χ1) is 9.57. The fourth-order valence-corrected chi connectivity index (χ4v) is 4.92. The van der Waals surface area contributed by atoms with Crippen molar-refractivity contribution in [2.24, 2.45) is 28.6 Å². The van der Waals surface area contributed by atoms with Gasteiger partial charge < -0.3 is 0 Å². The number of Topliss-reactive ketones (excluding diaryl/α,β-unsaturated/α-hetero) is 1. The molecular formula is C20H32O. The molecule has 2 aliphatic rings. The molecule has 3 atom stereocenters. The quantitative estimate of drug-likeness (QED) is 0.577. The minimum Gasteiger partial charge on any atom is -0.298 e. The summed E-state index contributed by atoms with van der Waals surface area (Å²) in [5.74, 6) is 1.65. The van der Waals surface area contributed by atoms with Crippen molar-refractivity contribution in [1.29, 1.82) is 0 Å². The van der Waals surface area contributed by atoms with E-state index in [1.807, 2.05) is 0 Å². The van der Waals surface area contributed by atoms with E-state index >= 15 is 0 Å². The standard InChI is InChI=1S/C20H32O/c1-9-16-17(12(2)3)15-10-13(4)14(5)11-20(16,18(15)21)19(6,7)8/h9,12,15,17H,10-11H2,1-8H3/b16-9-/t15-,17+,20+/m1/s1. The Morgan fingerprint density at radius 3 is 2.19 bits per heavy atom. The molecule has 2 rings (SSSR count). The van der Waals surface area contributed by atoms with Gasteiger partial charge in [0.05, 0.1) is 5.41 Å². The van der Waals surface area contributed by atoms with Crippen molar-refractivity contribution < 1.29 is 4.79 Å². The highest BCUT2D eigenvalue weighted by Gasteiger charge is 2.62. The van der Waals surface area contributed by atoms with Gasteiger partial charge in [0.15, 0.2) is 0 Å². The molecule has 2 bridgehead atoms. The molecule has 21 heavy (non-hydrogen) atoms. The smallest absolute Gasteiger partial charge is 0.147 e. The number of fused-ring (bicyclic) bond motifs is 2. The maximum Gasteiger partial charge on any atom is 0.147 e. The summed E-state index contributed by atoms with van der Waals surface area (Å²) >= 11 is 0. The van der Waals surface area contributed by atoms with Gasteiger partial charge in [-0.3, -0.25) is 4.79 Å². The maximum atomic E-state index is 13.5. The Kier molecular flexibility index (Phi) is 4.02. The van der Waals surface area contributed by atoms with Gasteiger partial charge in [0, 0.05) is 5.92 Å². The third-order valence-corrected chi connectivity index (χ3v) is 6.14. The highest BCUT2D eigenvalue weighted by Crippen LogP contribution is 2.63. The van der Waals surface area contributed by atoms with Gasteiger partial charge >= 0.3 is 0 Å². The molecule has 0 N–H and O–H groups in total. The Balaban J connectivity index is 2.75. The van der Waals surface area contributed by atoms with E-state index in [1.54, 1.807) is 0 Å². The van der Waals surface area contributed by atoms with Crippen LogP contribution in [0.1, 0.15) is 68.2 Å². The van der Waals surface area contributed by atoms with Crippen LogP contribution in [0.4, 0.5) is 0 Å².